The van der Waals surface area contributed by atoms with Gasteiger partial charge in [0.15, 0.2) is 0 Å². The van der Waals surface area contributed by atoms with Gasteiger partial charge in [0.2, 0.25) is 0 Å². The van der Waals surface area contributed by atoms with Crippen LogP contribution in [0, 0.1) is 0 Å². The highest BCUT2D eigenvalue weighted by atomic mass is 16.3. The molecule has 4 rings (SSSR count). The molecule has 2 atom stereocenters. The highest BCUT2D eigenvalue weighted by Crippen LogP contribution is 2.27. The highest BCUT2D eigenvalue weighted by molar-refractivity contribution is 5.80. The first-order valence-corrected chi connectivity index (χ1v) is 9.36. The fourth-order valence-electron chi connectivity index (χ4n) is 3.64. The summed E-state index contributed by atoms with van der Waals surface area (Å²) < 4.78 is 2.18. The molecule has 3 nitrogen and oxygen atoms in total. The summed E-state index contributed by atoms with van der Waals surface area (Å²) in [6.07, 6.45) is 1.52. The number of para-hydroxylation sites is 1. The largest absolute Gasteiger partial charge is 0.389 e. The Morgan fingerprint density at radius 1 is 0.778 bits per heavy atom. The molecule has 0 bridgehead atoms. The van der Waals surface area contributed by atoms with Crippen molar-refractivity contribution >= 4 is 10.9 Å². The van der Waals surface area contributed by atoms with E-state index < -0.39 is 6.10 Å². The summed E-state index contributed by atoms with van der Waals surface area (Å²) in [6.45, 7) is 1.26. The summed E-state index contributed by atoms with van der Waals surface area (Å²) in [5.74, 6) is 0. The van der Waals surface area contributed by atoms with E-state index >= 15 is 0 Å². The zero-order valence-corrected chi connectivity index (χ0v) is 15.2. The average Bonchev–Trinajstić information content (AvgIpc) is 3.14. The van der Waals surface area contributed by atoms with E-state index in [9.17, 15) is 5.11 Å². The Labute approximate surface area is 159 Å². The molecule has 136 valence electrons. The second kappa shape index (κ2) is 8.21. The molecule has 1 aromatic heterocycles. The SMILES string of the molecule is O[C@@H](CNCc1ccccc1)[C@@H](c1ccccc1)n1ccc2ccccc21. The monoisotopic (exact) mass is 356 g/mol. The maximum absolute atomic E-state index is 11.1. The van der Waals surface area contributed by atoms with Crippen molar-refractivity contribution in [2.45, 2.75) is 18.7 Å². The third-order valence-electron chi connectivity index (χ3n) is 4.96. The second-order valence-corrected chi connectivity index (χ2v) is 6.82. The molecule has 0 amide bonds. The third-order valence-corrected chi connectivity index (χ3v) is 4.96. The van der Waals surface area contributed by atoms with E-state index in [1.54, 1.807) is 0 Å². The predicted molar refractivity (Wildman–Crippen MR) is 111 cm³/mol. The fraction of sp³-hybridized carbons (Fsp3) is 0.167. The zero-order chi connectivity index (χ0) is 18.5. The molecule has 0 aliphatic carbocycles. The number of aliphatic hydroxyl groups excluding tert-OH is 1. The van der Waals surface area contributed by atoms with Gasteiger partial charge in [0.05, 0.1) is 12.1 Å². The lowest BCUT2D eigenvalue weighted by Gasteiger charge is -2.26. The number of nitrogens with one attached hydrogen (secondary N) is 1. The number of rotatable bonds is 7. The van der Waals surface area contributed by atoms with Crippen LogP contribution in [0.5, 0.6) is 0 Å². The van der Waals surface area contributed by atoms with Crippen LogP contribution in [0.25, 0.3) is 10.9 Å². The van der Waals surface area contributed by atoms with E-state index in [2.05, 4.69) is 58.5 Å². The quantitative estimate of drug-likeness (QED) is 0.516. The molecular weight excluding hydrogens is 332 g/mol. The van der Waals surface area contributed by atoms with E-state index in [4.69, 9.17) is 0 Å². The molecule has 2 N–H and O–H groups in total. The van der Waals surface area contributed by atoms with Crippen LogP contribution < -0.4 is 5.32 Å². The summed E-state index contributed by atoms with van der Waals surface area (Å²) >= 11 is 0. The van der Waals surface area contributed by atoms with E-state index in [0.717, 1.165) is 17.6 Å². The molecule has 0 unspecified atom stereocenters. The maximum Gasteiger partial charge on any atom is 0.0912 e. The topological polar surface area (TPSA) is 37.2 Å². The first-order valence-electron chi connectivity index (χ1n) is 9.36. The van der Waals surface area contributed by atoms with Crippen molar-refractivity contribution in [1.29, 1.82) is 0 Å². The summed E-state index contributed by atoms with van der Waals surface area (Å²) in [7, 11) is 0. The van der Waals surface area contributed by atoms with E-state index in [1.165, 1.54) is 10.9 Å². The molecule has 3 aromatic carbocycles. The first kappa shape index (κ1) is 17.5. The van der Waals surface area contributed by atoms with Crippen molar-refractivity contribution in [3.63, 3.8) is 0 Å². The van der Waals surface area contributed by atoms with Crippen molar-refractivity contribution in [3.8, 4) is 0 Å². The molecule has 0 aliphatic rings. The van der Waals surface area contributed by atoms with Crippen LogP contribution in [0.2, 0.25) is 0 Å². The highest BCUT2D eigenvalue weighted by Gasteiger charge is 2.23. The molecule has 1 heterocycles. The predicted octanol–water partition coefficient (Wildman–Crippen LogP) is 4.38. The normalized spacial score (nSPS) is 13.5. The minimum atomic E-state index is -0.549. The number of nitrogens with zero attached hydrogens (tertiary/aromatic N) is 1. The standard InChI is InChI=1S/C24H24N2O/c27-23(18-25-17-19-9-3-1-4-10-19)24(21-12-5-2-6-13-21)26-16-15-20-11-7-8-14-22(20)26/h1-16,23-25,27H,17-18H2/t23-,24+/m0/s1. The van der Waals surface area contributed by atoms with Crippen molar-refractivity contribution in [2.75, 3.05) is 6.54 Å². The van der Waals surface area contributed by atoms with Gasteiger partial charge in [-0.25, -0.2) is 0 Å². The van der Waals surface area contributed by atoms with Crippen LogP contribution >= 0.6 is 0 Å². The van der Waals surface area contributed by atoms with Crippen LogP contribution in [0.1, 0.15) is 17.2 Å². The Balaban J connectivity index is 1.58. The van der Waals surface area contributed by atoms with Gasteiger partial charge in [-0.1, -0.05) is 78.9 Å². The fourth-order valence-corrected chi connectivity index (χ4v) is 3.64. The van der Waals surface area contributed by atoms with E-state index in [-0.39, 0.29) is 6.04 Å². The lowest BCUT2D eigenvalue weighted by Crippen LogP contribution is -2.34. The average molecular weight is 356 g/mol. The van der Waals surface area contributed by atoms with Gasteiger partial charge in [0.25, 0.3) is 0 Å². The Bertz CT molecular complexity index is 979. The van der Waals surface area contributed by atoms with Gasteiger partial charge < -0.3 is 15.0 Å². The van der Waals surface area contributed by atoms with Gasteiger partial charge in [-0.15, -0.1) is 0 Å². The molecular formula is C24H24N2O. The van der Waals surface area contributed by atoms with Crippen molar-refractivity contribution in [3.05, 3.63) is 108 Å². The van der Waals surface area contributed by atoms with Gasteiger partial charge in [0.1, 0.15) is 0 Å². The molecule has 4 aromatic rings. The summed E-state index contributed by atoms with van der Waals surface area (Å²) in [6, 6.07) is 30.8. The number of hydrogen-bond donors (Lipinski definition) is 2. The molecule has 0 radical (unpaired) electrons. The molecule has 3 heteroatoms. The molecule has 27 heavy (non-hydrogen) atoms. The third kappa shape index (κ3) is 3.95. The molecule has 0 spiro atoms. The Morgan fingerprint density at radius 3 is 2.22 bits per heavy atom. The van der Waals surface area contributed by atoms with Crippen molar-refractivity contribution in [2.24, 2.45) is 0 Å². The Morgan fingerprint density at radius 2 is 1.44 bits per heavy atom. The Hall–Kier alpha value is -2.88. The molecule has 0 saturated heterocycles. The Kier molecular flexibility index (Phi) is 5.33. The number of benzene rings is 3. The number of fused-ring (bicyclic) bond motifs is 1. The van der Waals surface area contributed by atoms with Gasteiger partial charge in [-0.05, 0) is 28.6 Å². The summed E-state index contributed by atoms with van der Waals surface area (Å²) in [4.78, 5) is 0. The van der Waals surface area contributed by atoms with Crippen molar-refractivity contribution in [1.82, 2.24) is 9.88 Å². The zero-order valence-electron chi connectivity index (χ0n) is 15.2. The molecule has 0 saturated carbocycles. The van der Waals surface area contributed by atoms with Gasteiger partial charge >= 0.3 is 0 Å². The second-order valence-electron chi connectivity index (χ2n) is 6.82. The van der Waals surface area contributed by atoms with Crippen LogP contribution in [-0.2, 0) is 6.54 Å². The summed E-state index contributed by atoms with van der Waals surface area (Å²) in [5, 5.41) is 15.7. The van der Waals surface area contributed by atoms with E-state index in [0.29, 0.717) is 6.54 Å². The van der Waals surface area contributed by atoms with Crippen LogP contribution in [0.3, 0.4) is 0 Å². The lowest BCUT2D eigenvalue weighted by atomic mass is 10.0. The van der Waals surface area contributed by atoms with Gasteiger partial charge in [-0.2, -0.15) is 0 Å². The number of aromatic nitrogens is 1. The molecule has 0 aliphatic heterocycles. The number of hydrogen-bond acceptors (Lipinski definition) is 2. The van der Waals surface area contributed by atoms with Crippen LogP contribution in [-0.4, -0.2) is 22.3 Å². The first-order chi connectivity index (χ1) is 13.3. The van der Waals surface area contributed by atoms with Crippen LogP contribution in [0.4, 0.5) is 0 Å². The lowest BCUT2D eigenvalue weighted by molar-refractivity contribution is 0.129. The van der Waals surface area contributed by atoms with E-state index in [1.807, 2.05) is 48.5 Å². The summed E-state index contributed by atoms with van der Waals surface area (Å²) in [5.41, 5.74) is 3.45. The smallest absolute Gasteiger partial charge is 0.0912 e. The van der Waals surface area contributed by atoms with Gasteiger partial charge in [-0.3, -0.25) is 0 Å². The van der Waals surface area contributed by atoms with Gasteiger partial charge in [0, 0.05) is 24.8 Å². The molecule has 0 fully saturated rings. The minimum absolute atomic E-state index is 0.144. The minimum Gasteiger partial charge on any atom is -0.389 e. The van der Waals surface area contributed by atoms with Crippen molar-refractivity contribution < 1.29 is 5.11 Å². The van der Waals surface area contributed by atoms with Crippen LogP contribution in [0.15, 0.2) is 97.2 Å². The number of aliphatic hydroxyl groups is 1. The maximum atomic E-state index is 11.1.